The second-order valence-electron chi connectivity index (χ2n) is 4.89. The average Bonchev–Trinajstić information content (AvgIpc) is 2.58. The van der Waals surface area contributed by atoms with Gasteiger partial charge in [0.05, 0.1) is 13.7 Å². The largest absolute Gasteiger partial charge is 0.481 e. The summed E-state index contributed by atoms with van der Waals surface area (Å²) < 4.78 is 5.05. The molecule has 0 aliphatic heterocycles. The van der Waals surface area contributed by atoms with Crippen molar-refractivity contribution >= 4 is 41.5 Å². The number of halogens is 2. The first-order valence-electron chi connectivity index (χ1n) is 7.47. The maximum atomic E-state index is 6.00. The van der Waals surface area contributed by atoms with E-state index in [0.717, 1.165) is 28.7 Å². The lowest BCUT2D eigenvalue weighted by Crippen LogP contribution is -2.36. The lowest BCUT2D eigenvalue weighted by atomic mass is 10.2. The van der Waals surface area contributed by atoms with E-state index in [2.05, 4.69) is 20.6 Å². The number of aliphatic imine (C=N–C) groups is 1. The van der Waals surface area contributed by atoms with E-state index >= 15 is 0 Å². The molecule has 130 valence electrons. The van der Waals surface area contributed by atoms with Crippen molar-refractivity contribution in [3.63, 3.8) is 0 Å². The molecule has 2 rings (SSSR count). The molecule has 0 spiro atoms. The zero-order chi connectivity index (χ0) is 16.5. The molecule has 7 heteroatoms. The van der Waals surface area contributed by atoms with E-state index in [-0.39, 0.29) is 24.0 Å². The van der Waals surface area contributed by atoms with Crippen LogP contribution in [-0.2, 0) is 13.1 Å². The second-order valence-corrected chi connectivity index (χ2v) is 5.32. The summed E-state index contributed by atoms with van der Waals surface area (Å²) in [5, 5.41) is 7.25. The molecule has 0 saturated carbocycles. The second kappa shape index (κ2) is 11.1. The Balaban J connectivity index is 0.00000288. The van der Waals surface area contributed by atoms with Crippen LogP contribution in [-0.4, -0.2) is 24.6 Å². The maximum absolute atomic E-state index is 6.00. The third-order valence-corrected chi connectivity index (χ3v) is 3.35. The van der Waals surface area contributed by atoms with Crippen LogP contribution in [0.4, 0.5) is 0 Å². The van der Waals surface area contributed by atoms with Crippen LogP contribution < -0.4 is 15.4 Å². The van der Waals surface area contributed by atoms with Crippen molar-refractivity contribution in [1.82, 2.24) is 15.6 Å². The van der Waals surface area contributed by atoms with E-state index in [4.69, 9.17) is 16.3 Å². The molecule has 0 saturated heterocycles. The fourth-order valence-corrected chi connectivity index (χ4v) is 2.18. The molecule has 5 nitrogen and oxygen atoms in total. The van der Waals surface area contributed by atoms with Gasteiger partial charge >= 0.3 is 0 Å². The predicted molar refractivity (Wildman–Crippen MR) is 109 cm³/mol. The number of hydrogen-bond donors (Lipinski definition) is 2. The lowest BCUT2D eigenvalue weighted by molar-refractivity contribution is 0.397. The van der Waals surface area contributed by atoms with Gasteiger partial charge < -0.3 is 15.4 Å². The van der Waals surface area contributed by atoms with Gasteiger partial charge in [-0.1, -0.05) is 29.8 Å². The highest BCUT2D eigenvalue weighted by Crippen LogP contribution is 2.10. The minimum atomic E-state index is 0. The molecule has 1 aromatic carbocycles. The van der Waals surface area contributed by atoms with Gasteiger partial charge in [-0.25, -0.2) is 9.98 Å². The Morgan fingerprint density at radius 3 is 2.67 bits per heavy atom. The molecule has 0 bridgehead atoms. The average molecular weight is 461 g/mol. The van der Waals surface area contributed by atoms with E-state index in [9.17, 15) is 0 Å². The van der Waals surface area contributed by atoms with Crippen LogP contribution in [0.1, 0.15) is 18.1 Å². The highest BCUT2D eigenvalue weighted by atomic mass is 127. The number of aromatic nitrogens is 1. The number of nitrogens with one attached hydrogen (secondary N) is 2. The third-order valence-electron chi connectivity index (χ3n) is 3.12. The minimum absolute atomic E-state index is 0. The van der Waals surface area contributed by atoms with Crippen LogP contribution in [0.3, 0.4) is 0 Å². The molecular weight excluding hydrogens is 439 g/mol. The lowest BCUT2D eigenvalue weighted by Gasteiger charge is -2.11. The summed E-state index contributed by atoms with van der Waals surface area (Å²) in [6, 6.07) is 11.5. The molecule has 0 unspecified atom stereocenters. The molecule has 0 radical (unpaired) electrons. The maximum Gasteiger partial charge on any atom is 0.212 e. The van der Waals surface area contributed by atoms with Gasteiger partial charge in [-0.15, -0.1) is 24.0 Å². The van der Waals surface area contributed by atoms with E-state index in [1.165, 1.54) is 0 Å². The summed E-state index contributed by atoms with van der Waals surface area (Å²) in [5.41, 5.74) is 2.12. The number of nitrogens with zero attached hydrogens (tertiary/aromatic N) is 2. The molecule has 24 heavy (non-hydrogen) atoms. The van der Waals surface area contributed by atoms with Crippen molar-refractivity contribution in [3.05, 3.63) is 58.7 Å². The summed E-state index contributed by atoms with van der Waals surface area (Å²) in [5.74, 6) is 1.35. The van der Waals surface area contributed by atoms with E-state index in [1.807, 2.05) is 43.3 Å². The van der Waals surface area contributed by atoms with Crippen molar-refractivity contribution in [1.29, 1.82) is 0 Å². The predicted octanol–water partition coefficient (Wildman–Crippen LogP) is 3.62. The number of methoxy groups -OCH3 is 1. The van der Waals surface area contributed by atoms with Gasteiger partial charge in [0.2, 0.25) is 5.88 Å². The van der Waals surface area contributed by atoms with Crippen molar-refractivity contribution < 1.29 is 4.74 Å². The first-order valence-corrected chi connectivity index (χ1v) is 7.84. The molecule has 2 aromatic rings. The minimum Gasteiger partial charge on any atom is -0.481 e. The van der Waals surface area contributed by atoms with Crippen molar-refractivity contribution in [2.24, 2.45) is 4.99 Å². The summed E-state index contributed by atoms with van der Waals surface area (Å²) in [6.07, 6.45) is 1.77. The molecule has 0 aliphatic carbocycles. The smallest absolute Gasteiger partial charge is 0.212 e. The number of rotatable bonds is 6. The van der Waals surface area contributed by atoms with Gasteiger partial charge in [0.25, 0.3) is 0 Å². The molecule has 1 heterocycles. The Hall–Kier alpha value is -1.54. The first kappa shape index (κ1) is 20.5. The van der Waals surface area contributed by atoms with Crippen molar-refractivity contribution in [3.8, 4) is 5.88 Å². The molecule has 0 amide bonds. The van der Waals surface area contributed by atoms with E-state index < -0.39 is 0 Å². The van der Waals surface area contributed by atoms with E-state index in [1.54, 1.807) is 13.3 Å². The van der Waals surface area contributed by atoms with Crippen LogP contribution in [0.2, 0.25) is 5.02 Å². The number of benzene rings is 1. The Morgan fingerprint density at radius 2 is 2.04 bits per heavy atom. The fourth-order valence-electron chi connectivity index (χ4n) is 1.97. The summed E-state index contributed by atoms with van der Waals surface area (Å²) in [6.45, 7) is 4.03. The zero-order valence-electron chi connectivity index (χ0n) is 13.8. The van der Waals surface area contributed by atoms with Crippen LogP contribution in [0, 0.1) is 0 Å². The van der Waals surface area contributed by atoms with Gasteiger partial charge in [-0.3, -0.25) is 0 Å². The third kappa shape index (κ3) is 6.92. The highest BCUT2D eigenvalue weighted by molar-refractivity contribution is 14.0. The molecule has 0 fully saturated rings. The van der Waals surface area contributed by atoms with Gasteiger partial charge in [-0.05, 0) is 30.2 Å². The first-order chi connectivity index (χ1) is 11.2. The Kier molecular flexibility index (Phi) is 9.48. The van der Waals surface area contributed by atoms with Crippen LogP contribution in [0.5, 0.6) is 5.88 Å². The Morgan fingerprint density at radius 1 is 1.21 bits per heavy atom. The number of guanidine groups is 1. The van der Waals surface area contributed by atoms with Gasteiger partial charge in [-0.2, -0.15) is 0 Å². The normalized spacial score (nSPS) is 10.7. The van der Waals surface area contributed by atoms with Crippen molar-refractivity contribution in [2.45, 2.75) is 20.0 Å². The van der Waals surface area contributed by atoms with Gasteiger partial charge in [0, 0.05) is 30.4 Å². The molecule has 2 N–H and O–H groups in total. The summed E-state index contributed by atoms with van der Waals surface area (Å²) in [4.78, 5) is 8.73. The Labute approximate surface area is 164 Å². The van der Waals surface area contributed by atoms with Gasteiger partial charge in [0.1, 0.15) is 0 Å². The molecule has 1 aromatic heterocycles. The zero-order valence-corrected chi connectivity index (χ0v) is 16.8. The topological polar surface area (TPSA) is 58.5 Å². The van der Waals surface area contributed by atoms with Crippen molar-refractivity contribution in [2.75, 3.05) is 13.7 Å². The number of pyridine rings is 1. The molecule has 0 aliphatic rings. The van der Waals surface area contributed by atoms with Crippen LogP contribution in [0.25, 0.3) is 0 Å². The SMILES string of the molecule is CCNC(=NCc1ccc(OC)nc1)NCc1cccc(Cl)c1.I. The highest BCUT2D eigenvalue weighted by Gasteiger charge is 2.00. The quantitative estimate of drug-likeness (QED) is 0.393. The molecule has 0 atom stereocenters. The number of hydrogen-bond acceptors (Lipinski definition) is 3. The van der Waals surface area contributed by atoms with Crippen LogP contribution >= 0.6 is 35.6 Å². The van der Waals surface area contributed by atoms with Gasteiger partial charge in [0.15, 0.2) is 5.96 Å². The Bertz CT molecular complexity index is 649. The van der Waals surface area contributed by atoms with E-state index in [0.29, 0.717) is 19.0 Å². The summed E-state index contributed by atoms with van der Waals surface area (Å²) in [7, 11) is 1.60. The van der Waals surface area contributed by atoms with Crippen LogP contribution in [0.15, 0.2) is 47.6 Å². The standard InChI is InChI=1S/C17H21ClN4O.HI/c1-3-19-17(21-10-13-5-4-6-15(18)9-13)22-12-14-7-8-16(23-2)20-11-14;/h4-9,11H,3,10,12H2,1-2H3,(H2,19,21,22);1H. The molecular formula is C17H22ClIN4O. The number of ether oxygens (including phenoxy) is 1. The fraction of sp³-hybridized carbons (Fsp3) is 0.294. The monoisotopic (exact) mass is 460 g/mol. The summed E-state index contributed by atoms with van der Waals surface area (Å²) >= 11 is 6.00.